The van der Waals surface area contributed by atoms with Crippen LogP contribution in [0.25, 0.3) is 0 Å². The second kappa shape index (κ2) is 7.34. The Morgan fingerprint density at radius 1 is 0.952 bits per heavy atom. The van der Waals surface area contributed by atoms with E-state index in [1.54, 1.807) is 12.1 Å². The van der Waals surface area contributed by atoms with Crippen LogP contribution in [0.1, 0.15) is 19.8 Å². The van der Waals surface area contributed by atoms with Crippen molar-refractivity contribution < 1.29 is 4.79 Å². The maximum Gasteiger partial charge on any atom is 0.224 e. The molecule has 0 radical (unpaired) electrons. The van der Waals surface area contributed by atoms with Crippen molar-refractivity contribution in [3.63, 3.8) is 0 Å². The van der Waals surface area contributed by atoms with Crippen LogP contribution < -0.4 is 10.6 Å². The fraction of sp³-hybridized carbons (Fsp3) is 0.188. The Bertz CT molecular complexity index is 627. The first-order valence-corrected chi connectivity index (χ1v) is 7.46. The van der Waals surface area contributed by atoms with Crippen molar-refractivity contribution in [1.82, 2.24) is 0 Å². The summed E-state index contributed by atoms with van der Waals surface area (Å²) in [6, 6.07) is 12.9. The maximum atomic E-state index is 11.5. The van der Waals surface area contributed by atoms with E-state index in [1.807, 2.05) is 37.3 Å². The molecule has 110 valence electrons. The molecule has 0 aromatic heterocycles. The number of halogens is 2. The van der Waals surface area contributed by atoms with Gasteiger partial charge in [-0.2, -0.15) is 0 Å². The summed E-state index contributed by atoms with van der Waals surface area (Å²) >= 11 is 11.9. The molecule has 0 fully saturated rings. The molecule has 0 aliphatic heterocycles. The topological polar surface area (TPSA) is 41.1 Å². The number of hydrogen-bond donors (Lipinski definition) is 2. The molecule has 0 heterocycles. The molecule has 0 saturated carbocycles. The molecule has 2 rings (SSSR count). The number of nitrogens with one attached hydrogen (secondary N) is 2. The van der Waals surface area contributed by atoms with Crippen LogP contribution in [0.15, 0.2) is 42.5 Å². The predicted molar refractivity (Wildman–Crippen MR) is 89.7 cm³/mol. The maximum absolute atomic E-state index is 11.5. The molecule has 0 spiro atoms. The van der Waals surface area contributed by atoms with E-state index in [1.165, 1.54) is 0 Å². The lowest BCUT2D eigenvalue weighted by molar-refractivity contribution is -0.116. The standard InChI is InChI=1S/C16H16Cl2N2O/c1-2-3-16(21)20-12-6-4-11(5-7-12)19-13-8-9-14(17)15(18)10-13/h4-10,19H,2-3H2,1H3,(H,20,21). The number of anilines is 3. The van der Waals surface area contributed by atoms with Gasteiger partial charge >= 0.3 is 0 Å². The minimum absolute atomic E-state index is 0.0303. The van der Waals surface area contributed by atoms with Gasteiger partial charge in [-0.15, -0.1) is 0 Å². The zero-order valence-electron chi connectivity index (χ0n) is 11.6. The van der Waals surface area contributed by atoms with Crippen molar-refractivity contribution in [3.05, 3.63) is 52.5 Å². The monoisotopic (exact) mass is 322 g/mol. The second-order valence-electron chi connectivity index (χ2n) is 4.63. The van der Waals surface area contributed by atoms with Crippen LogP contribution in [0.2, 0.25) is 10.0 Å². The Kier molecular flexibility index (Phi) is 5.48. The molecule has 0 saturated heterocycles. The Balaban J connectivity index is 2.01. The molecular weight excluding hydrogens is 307 g/mol. The number of rotatable bonds is 5. The van der Waals surface area contributed by atoms with Gasteiger partial charge in [0.25, 0.3) is 0 Å². The van der Waals surface area contributed by atoms with E-state index in [9.17, 15) is 4.79 Å². The van der Waals surface area contributed by atoms with Crippen molar-refractivity contribution in [2.24, 2.45) is 0 Å². The van der Waals surface area contributed by atoms with E-state index < -0.39 is 0 Å². The van der Waals surface area contributed by atoms with Crippen LogP contribution in [0, 0.1) is 0 Å². The van der Waals surface area contributed by atoms with Crippen LogP contribution in [-0.4, -0.2) is 5.91 Å². The molecule has 0 aliphatic rings. The van der Waals surface area contributed by atoms with Crippen LogP contribution in [0.3, 0.4) is 0 Å². The first-order valence-electron chi connectivity index (χ1n) is 6.70. The Labute approximate surface area is 134 Å². The van der Waals surface area contributed by atoms with Crippen LogP contribution in [0.4, 0.5) is 17.1 Å². The van der Waals surface area contributed by atoms with Gasteiger partial charge in [0.1, 0.15) is 0 Å². The number of hydrogen-bond acceptors (Lipinski definition) is 2. The van der Waals surface area contributed by atoms with E-state index in [4.69, 9.17) is 23.2 Å². The zero-order valence-corrected chi connectivity index (χ0v) is 13.1. The van der Waals surface area contributed by atoms with Crippen molar-refractivity contribution >= 4 is 46.2 Å². The van der Waals surface area contributed by atoms with Crippen molar-refractivity contribution in [3.8, 4) is 0 Å². The Morgan fingerprint density at radius 3 is 2.19 bits per heavy atom. The molecule has 2 aromatic carbocycles. The molecule has 3 nitrogen and oxygen atoms in total. The third kappa shape index (κ3) is 4.66. The Morgan fingerprint density at radius 2 is 1.57 bits per heavy atom. The van der Waals surface area contributed by atoms with E-state index in [2.05, 4.69) is 10.6 Å². The van der Waals surface area contributed by atoms with Gasteiger partial charge in [-0.3, -0.25) is 4.79 Å². The number of carbonyl (C=O) groups excluding carboxylic acids is 1. The third-order valence-electron chi connectivity index (χ3n) is 2.85. The van der Waals surface area contributed by atoms with Gasteiger partial charge < -0.3 is 10.6 Å². The number of carbonyl (C=O) groups is 1. The van der Waals surface area contributed by atoms with Gasteiger partial charge in [0, 0.05) is 23.5 Å². The molecule has 21 heavy (non-hydrogen) atoms. The average Bonchev–Trinajstić information content (AvgIpc) is 2.45. The third-order valence-corrected chi connectivity index (χ3v) is 3.59. The molecule has 0 aliphatic carbocycles. The molecule has 2 N–H and O–H groups in total. The summed E-state index contributed by atoms with van der Waals surface area (Å²) in [7, 11) is 0. The highest BCUT2D eigenvalue weighted by Crippen LogP contribution is 2.27. The fourth-order valence-corrected chi connectivity index (χ4v) is 2.13. The second-order valence-corrected chi connectivity index (χ2v) is 5.44. The zero-order chi connectivity index (χ0) is 15.2. The van der Waals surface area contributed by atoms with Crippen LogP contribution in [-0.2, 0) is 4.79 Å². The normalized spacial score (nSPS) is 10.2. The SMILES string of the molecule is CCCC(=O)Nc1ccc(Nc2ccc(Cl)c(Cl)c2)cc1. The fourth-order valence-electron chi connectivity index (χ4n) is 1.83. The summed E-state index contributed by atoms with van der Waals surface area (Å²) in [5.41, 5.74) is 2.54. The quantitative estimate of drug-likeness (QED) is 0.765. The van der Waals surface area contributed by atoms with E-state index in [0.29, 0.717) is 16.5 Å². The van der Waals surface area contributed by atoms with Gasteiger partial charge in [-0.05, 0) is 48.9 Å². The van der Waals surface area contributed by atoms with E-state index in [0.717, 1.165) is 23.5 Å². The van der Waals surface area contributed by atoms with Crippen LogP contribution >= 0.6 is 23.2 Å². The summed E-state index contributed by atoms with van der Waals surface area (Å²) in [5.74, 6) is 0.0303. The highest BCUT2D eigenvalue weighted by atomic mass is 35.5. The van der Waals surface area contributed by atoms with Gasteiger partial charge in [0.05, 0.1) is 10.0 Å². The van der Waals surface area contributed by atoms with Gasteiger partial charge in [0.15, 0.2) is 0 Å². The van der Waals surface area contributed by atoms with Crippen molar-refractivity contribution in [2.75, 3.05) is 10.6 Å². The lowest BCUT2D eigenvalue weighted by atomic mass is 10.2. The lowest BCUT2D eigenvalue weighted by Crippen LogP contribution is -2.10. The molecule has 0 bridgehead atoms. The number of benzene rings is 2. The summed E-state index contributed by atoms with van der Waals surface area (Å²) in [4.78, 5) is 11.5. The largest absolute Gasteiger partial charge is 0.355 e. The highest BCUT2D eigenvalue weighted by Gasteiger charge is 2.02. The minimum Gasteiger partial charge on any atom is -0.355 e. The first-order chi connectivity index (χ1) is 10.1. The molecule has 0 unspecified atom stereocenters. The summed E-state index contributed by atoms with van der Waals surface area (Å²) in [6.45, 7) is 1.98. The average molecular weight is 323 g/mol. The van der Waals surface area contributed by atoms with E-state index in [-0.39, 0.29) is 5.91 Å². The molecule has 2 aromatic rings. The summed E-state index contributed by atoms with van der Waals surface area (Å²) in [5, 5.41) is 7.10. The van der Waals surface area contributed by atoms with Crippen LogP contribution in [0.5, 0.6) is 0 Å². The lowest BCUT2D eigenvalue weighted by Gasteiger charge is -2.09. The molecular formula is C16H16Cl2N2O. The smallest absolute Gasteiger partial charge is 0.224 e. The molecule has 5 heteroatoms. The molecule has 0 atom stereocenters. The van der Waals surface area contributed by atoms with Crippen molar-refractivity contribution in [1.29, 1.82) is 0 Å². The Hall–Kier alpha value is -1.71. The minimum atomic E-state index is 0.0303. The highest BCUT2D eigenvalue weighted by molar-refractivity contribution is 6.42. The van der Waals surface area contributed by atoms with Gasteiger partial charge in [0.2, 0.25) is 5.91 Å². The first kappa shape index (κ1) is 15.7. The number of amides is 1. The summed E-state index contributed by atoms with van der Waals surface area (Å²) < 4.78 is 0. The van der Waals surface area contributed by atoms with E-state index >= 15 is 0 Å². The molecule has 1 amide bonds. The predicted octanol–water partition coefficient (Wildman–Crippen LogP) is 5.48. The van der Waals surface area contributed by atoms with Gasteiger partial charge in [-0.1, -0.05) is 30.1 Å². The van der Waals surface area contributed by atoms with Crippen molar-refractivity contribution in [2.45, 2.75) is 19.8 Å². The van der Waals surface area contributed by atoms with Gasteiger partial charge in [-0.25, -0.2) is 0 Å². The summed E-state index contributed by atoms with van der Waals surface area (Å²) in [6.07, 6.45) is 1.37.